The van der Waals surface area contributed by atoms with Gasteiger partial charge in [-0.05, 0) is 44.1 Å². The van der Waals surface area contributed by atoms with Gasteiger partial charge in [-0.3, -0.25) is 9.69 Å². The summed E-state index contributed by atoms with van der Waals surface area (Å²) in [4.78, 5) is 16.6. The second kappa shape index (κ2) is 9.13. The van der Waals surface area contributed by atoms with E-state index in [2.05, 4.69) is 22.3 Å². The first kappa shape index (κ1) is 17.3. The number of nitrogens with one attached hydrogen (secondary N) is 1. The van der Waals surface area contributed by atoms with Crippen LogP contribution in [0.1, 0.15) is 24.8 Å². The lowest BCUT2D eigenvalue weighted by molar-refractivity contribution is -0.131. The maximum Gasteiger partial charge on any atom is 0.222 e. The fraction of sp³-hybridized carbons (Fsp3) is 0.588. The summed E-state index contributed by atoms with van der Waals surface area (Å²) in [5.74, 6) is 0.295. The zero-order valence-electron chi connectivity index (χ0n) is 13.4. The molecule has 1 aliphatic rings. The van der Waals surface area contributed by atoms with Crippen LogP contribution in [0.25, 0.3) is 0 Å². The zero-order chi connectivity index (χ0) is 15.8. The minimum atomic E-state index is 0.295. The summed E-state index contributed by atoms with van der Waals surface area (Å²) >= 11 is 5.92. The molecule has 1 amide bonds. The van der Waals surface area contributed by atoms with Crippen molar-refractivity contribution in [1.82, 2.24) is 15.1 Å². The Labute approximate surface area is 138 Å². The monoisotopic (exact) mass is 323 g/mol. The van der Waals surface area contributed by atoms with E-state index < -0.39 is 0 Å². The SMILES string of the molecule is CNCCCC(=O)N1CCCN(Cc2ccc(Cl)cc2)CC1. The van der Waals surface area contributed by atoms with Gasteiger partial charge in [-0.1, -0.05) is 23.7 Å². The van der Waals surface area contributed by atoms with Gasteiger partial charge in [-0.25, -0.2) is 0 Å². The van der Waals surface area contributed by atoms with Gasteiger partial charge in [0.1, 0.15) is 0 Å². The molecule has 2 rings (SSSR count). The molecule has 0 saturated carbocycles. The Bertz CT molecular complexity index is 463. The van der Waals surface area contributed by atoms with Crippen molar-refractivity contribution >= 4 is 17.5 Å². The van der Waals surface area contributed by atoms with Crippen LogP contribution in [0.3, 0.4) is 0 Å². The Morgan fingerprint density at radius 1 is 1.18 bits per heavy atom. The molecule has 0 aromatic heterocycles. The highest BCUT2D eigenvalue weighted by atomic mass is 35.5. The molecule has 1 aromatic carbocycles. The highest BCUT2D eigenvalue weighted by Crippen LogP contribution is 2.13. The molecule has 4 nitrogen and oxygen atoms in total. The molecule has 1 heterocycles. The highest BCUT2D eigenvalue weighted by Gasteiger charge is 2.18. The summed E-state index contributed by atoms with van der Waals surface area (Å²) < 4.78 is 0. The number of nitrogens with zero attached hydrogens (tertiary/aromatic N) is 2. The Hall–Kier alpha value is -1.10. The normalized spacial score (nSPS) is 16.5. The molecular weight excluding hydrogens is 298 g/mol. The average Bonchev–Trinajstić information content (AvgIpc) is 2.75. The lowest BCUT2D eigenvalue weighted by atomic mass is 10.2. The zero-order valence-corrected chi connectivity index (χ0v) is 14.1. The second-order valence-electron chi connectivity index (χ2n) is 5.84. The summed E-state index contributed by atoms with van der Waals surface area (Å²) in [7, 11) is 1.92. The van der Waals surface area contributed by atoms with E-state index in [4.69, 9.17) is 11.6 Å². The van der Waals surface area contributed by atoms with Crippen molar-refractivity contribution < 1.29 is 4.79 Å². The molecule has 1 aromatic rings. The van der Waals surface area contributed by atoms with Gasteiger partial charge < -0.3 is 10.2 Å². The van der Waals surface area contributed by atoms with E-state index in [0.29, 0.717) is 12.3 Å². The molecule has 1 N–H and O–H groups in total. The van der Waals surface area contributed by atoms with Crippen molar-refractivity contribution in [3.63, 3.8) is 0 Å². The molecule has 0 unspecified atom stereocenters. The molecule has 5 heteroatoms. The molecule has 0 bridgehead atoms. The van der Waals surface area contributed by atoms with E-state index in [1.165, 1.54) is 5.56 Å². The van der Waals surface area contributed by atoms with E-state index in [1.54, 1.807) is 0 Å². The number of rotatable bonds is 6. The lowest BCUT2D eigenvalue weighted by Gasteiger charge is -2.22. The molecule has 1 fully saturated rings. The molecule has 0 aliphatic carbocycles. The third-order valence-corrected chi connectivity index (χ3v) is 4.33. The van der Waals surface area contributed by atoms with Gasteiger partial charge in [0.2, 0.25) is 5.91 Å². The number of hydrogen-bond donors (Lipinski definition) is 1. The van der Waals surface area contributed by atoms with E-state index in [-0.39, 0.29) is 0 Å². The van der Waals surface area contributed by atoms with E-state index in [9.17, 15) is 4.79 Å². The van der Waals surface area contributed by atoms with Crippen LogP contribution in [0.4, 0.5) is 0 Å². The third kappa shape index (κ3) is 5.59. The number of hydrogen-bond acceptors (Lipinski definition) is 3. The highest BCUT2D eigenvalue weighted by molar-refractivity contribution is 6.30. The van der Waals surface area contributed by atoms with Crippen LogP contribution in [-0.4, -0.2) is 55.5 Å². The number of amides is 1. The molecule has 1 aliphatic heterocycles. The lowest BCUT2D eigenvalue weighted by Crippen LogP contribution is -2.35. The maximum absolute atomic E-state index is 12.2. The Morgan fingerprint density at radius 3 is 2.68 bits per heavy atom. The predicted octanol–water partition coefficient (Wildman–Crippen LogP) is 2.37. The Balaban J connectivity index is 1.79. The van der Waals surface area contributed by atoms with Crippen LogP contribution in [0, 0.1) is 0 Å². The maximum atomic E-state index is 12.2. The van der Waals surface area contributed by atoms with Crippen molar-refractivity contribution in [2.75, 3.05) is 39.8 Å². The van der Waals surface area contributed by atoms with Gasteiger partial charge in [-0.15, -0.1) is 0 Å². The van der Waals surface area contributed by atoms with Crippen molar-refractivity contribution in [3.05, 3.63) is 34.9 Å². The molecule has 22 heavy (non-hydrogen) atoms. The van der Waals surface area contributed by atoms with Gasteiger partial charge in [0, 0.05) is 44.2 Å². The molecule has 1 saturated heterocycles. The number of halogens is 1. The topological polar surface area (TPSA) is 35.6 Å². The van der Waals surface area contributed by atoms with Gasteiger partial charge in [-0.2, -0.15) is 0 Å². The van der Waals surface area contributed by atoms with E-state index >= 15 is 0 Å². The van der Waals surface area contributed by atoms with Gasteiger partial charge >= 0.3 is 0 Å². The standard InChI is InChI=1S/C17H26ClN3O/c1-19-9-2-4-17(22)21-11-3-10-20(12-13-21)14-15-5-7-16(18)8-6-15/h5-8,19H,2-4,9-14H2,1H3. The minimum absolute atomic E-state index is 0.295. The number of benzene rings is 1. The van der Waals surface area contributed by atoms with Crippen molar-refractivity contribution in [1.29, 1.82) is 0 Å². The smallest absolute Gasteiger partial charge is 0.222 e. The van der Waals surface area contributed by atoms with Crippen molar-refractivity contribution in [2.45, 2.75) is 25.8 Å². The molecule has 0 radical (unpaired) electrons. The largest absolute Gasteiger partial charge is 0.341 e. The van der Waals surface area contributed by atoms with Crippen molar-refractivity contribution in [2.24, 2.45) is 0 Å². The van der Waals surface area contributed by atoms with Gasteiger partial charge in [0.05, 0.1) is 0 Å². The van der Waals surface area contributed by atoms with Gasteiger partial charge in [0.25, 0.3) is 0 Å². The first-order valence-corrected chi connectivity index (χ1v) is 8.46. The van der Waals surface area contributed by atoms with Crippen LogP contribution in [0.15, 0.2) is 24.3 Å². The fourth-order valence-electron chi connectivity index (χ4n) is 2.80. The summed E-state index contributed by atoms with van der Waals surface area (Å²) in [5, 5.41) is 3.86. The minimum Gasteiger partial charge on any atom is -0.341 e. The summed E-state index contributed by atoms with van der Waals surface area (Å²) in [6, 6.07) is 8.03. The summed E-state index contributed by atoms with van der Waals surface area (Å²) in [5.41, 5.74) is 1.28. The molecule has 0 atom stereocenters. The summed E-state index contributed by atoms with van der Waals surface area (Å²) in [6.07, 6.45) is 2.61. The van der Waals surface area contributed by atoms with Crippen LogP contribution in [0.2, 0.25) is 5.02 Å². The Morgan fingerprint density at radius 2 is 1.95 bits per heavy atom. The Kier molecular flexibility index (Phi) is 7.16. The second-order valence-corrected chi connectivity index (χ2v) is 6.28. The van der Waals surface area contributed by atoms with E-state index in [0.717, 1.165) is 57.1 Å². The first-order chi connectivity index (χ1) is 10.7. The van der Waals surface area contributed by atoms with Crippen LogP contribution in [0.5, 0.6) is 0 Å². The molecular formula is C17H26ClN3O. The number of carbonyl (C=O) groups excluding carboxylic acids is 1. The number of carbonyl (C=O) groups is 1. The van der Waals surface area contributed by atoms with Crippen LogP contribution in [-0.2, 0) is 11.3 Å². The molecule has 122 valence electrons. The molecule has 0 spiro atoms. The first-order valence-electron chi connectivity index (χ1n) is 8.08. The van der Waals surface area contributed by atoms with Crippen LogP contribution >= 0.6 is 11.6 Å². The fourth-order valence-corrected chi connectivity index (χ4v) is 2.93. The average molecular weight is 324 g/mol. The predicted molar refractivity (Wildman–Crippen MR) is 91.1 cm³/mol. The third-order valence-electron chi connectivity index (χ3n) is 4.08. The van der Waals surface area contributed by atoms with Gasteiger partial charge in [0.15, 0.2) is 0 Å². The quantitative estimate of drug-likeness (QED) is 0.816. The van der Waals surface area contributed by atoms with Crippen LogP contribution < -0.4 is 5.32 Å². The summed E-state index contributed by atoms with van der Waals surface area (Å²) in [6.45, 7) is 5.55. The van der Waals surface area contributed by atoms with E-state index in [1.807, 2.05) is 24.1 Å². The van der Waals surface area contributed by atoms with Crippen molar-refractivity contribution in [3.8, 4) is 0 Å².